The van der Waals surface area contributed by atoms with Crippen LogP contribution < -0.4 is 0 Å². The molecule has 3 heteroatoms. The van der Waals surface area contributed by atoms with E-state index in [1.165, 1.54) is 0 Å². The summed E-state index contributed by atoms with van der Waals surface area (Å²) < 4.78 is 0. The Balaban J connectivity index is 2.85. The first-order chi connectivity index (χ1) is 9.42. The quantitative estimate of drug-likeness (QED) is 0.617. The smallest absolute Gasteiger partial charge is 0.298 e. The van der Waals surface area contributed by atoms with Crippen LogP contribution in [0.25, 0.3) is 0 Å². The highest BCUT2D eigenvalue weighted by atomic mass is 28.3. The van der Waals surface area contributed by atoms with E-state index in [1.807, 2.05) is 30.3 Å². The summed E-state index contributed by atoms with van der Waals surface area (Å²) in [4.78, 5) is 13.9. The molecule has 0 spiro atoms. The van der Waals surface area contributed by atoms with E-state index in [0.29, 0.717) is 13.1 Å². The second kappa shape index (κ2) is 7.58. The number of benzene rings is 1. The molecule has 20 heavy (non-hydrogen) atoms. The first kappa shape index (κ1) is 16.1. The van der Waals surface area contributed by atoms with Crippen molar-refractivity contribution in [3.8, 4) is 23.3 Å². The first-order valence-electron chi connectivity index (χ1n) is 6.68. The Kier molecular flexibility index (Phi) is 6.09. The predicted octanol–water partition coefficient (Wildman–Crippen LogP) is 2.92. The Morgan fingerprint density at radius 1 is 1.20 bits per heavy atom. The van der Waals surface area contributed by atoms with Crippen LogP contribution in [-0.4, -0.2) is 25.4 Å². The van der Waals surface area contributed by atoms with Crippen molar-refractivity contribution in [1.82, 2.24) is 4.90 Å². The Hall–Kier alpha value is -1.97. The monoisotopic (exact) mass is 283 g/mol. The molecular formula is C17H21NOSi. The molecule has 0 N–H and O–H groups in total. The van der Waals surface area contributed by atoms with Crippen LogP contribution in [0.1, 0.15) is 12.5 Å². The van der Waals surface area contributed by atoms with Gasteiger partial charge in [0.25, 0.3) is 5.91 Å². The molecule has 0 heterocycles. The molecule has 0 aromatic heterocycles. The van der Waals surface area contributed by atoms with Gasteiger partial charge in [-0.05, 0) is 18.4 Å². The maximum absolute atomic E-state index is 12.2. The summed E-state index contributed by atoms with van der Waals surface area (Å²) in [6.07, 6.45) is 0. The third-order valence-electron chi connectivity index (χ3n) is 2.49. The van der Waals surface area contributed by atoms with Crippen LogP contribution in [0.5, 0.6) is 0 Å². The van der Waals surface area contributed by atoms with E-state index in [1.54, 1.807) is 11.8 Å². The van der Waals surface area contributed by atoms with Gasteiger partial charge in [0.05, 0.1) is 6.54 Å². The minimum Gasteiger partial charge on any atom is -0.316 e. The average molecular weight is 283 g/mol. The van der Waals surface area contributed by atoms with Gasteiger partial charge in [0.15, 0.2) is 0 Å². The van der Waals surface area contributed by atoms with E-state index in [-0.39, 0.29) is 5.91 Å². The van der Waals surface area contributed by atoms with Crippen LogP contribution in [0.3, 0.4) is 0 Å². The summed E-state index contributed by atoms with van der Waals surface area (Å²) in [5.74, 6) is 8.42. The van der Waals surface area contributed by atoms with E-state index in [9.17, 15) is 4.79 Å². The molecule has 0 atom stereocenters. The number of rotatable bonds is 3. The third kappa shape index (κ3) is 6.27. The van der Waals surface area contributed by atoms with Gasteiger partial charge in [-0.15, -0.1) is 11.5 Å². The van der Waals surface area contributed by atoms with Crippen molar-refractivity contribution in [2.75, 3.05) is 6.54 Å². The molecule has 0 radical (unpaired) electrons. The molecule has 0 aliphatic rings. The van der Waals surface area contributed by atoms with Gasteiger partial charge in [0.2, 0.25) is 0 Å². The number of carbonyl (C=O) groups excluding carboxylic acids is 1. The Morgan fingerprint density at radius 3 is 2.40 bits per heavy atom. The molecule has 0 fully saturated rings. The summed E-state index contributed by atoms with van der Waals surface area (Å²) in [5.41, 5.74) is 4.21. The van der Waals surface area contributed by atoms with Crippen LogP contribution in [0.4, 0.5) is 0 Å². The average Bonchev–Trinajstić information content (AvgIpc) is 2.41. The van der Waals surface area contributed by atoms with Gasteiger partial charge in [-0.25, -0.2) is 0 Å². The van der Waals surface area contributed by atoms with Crippen molar-refractivity contribution in [1.29, 1.82) is 0 Å². The zero-order chi connectivity index (χ0) is 15.0. The molecular weight excluding hydrogens is 262 g/mol. The van der Waals surface area contributed by atoms with Crippen molar-refractivity contribution >= 4 is 14.0 Å². The number of hydrogen-bond acceptors (Lipinski definition) is 1. The molecule has 2 nitrogen and oxygen atoms in total. The van der Waals surface area contributed by atoms with Crippen molar-refractivity contribution in [3.63, 3.8) is 0 Å². The normalized spacial score (nSPS) is 9.80. The third-order valence-corrected chi connectivity index (χ3v) is 3.37. The maximum atomic E-state index is 12.2. The van der Waals surface area contributed by atoms with Gasteiger partial charge >= 0.3 is 0 Å². The lowest BCUT2D eigenvalue weighted by Gasteiger charge is -2.17. The van der Waals surface area contributed by atoms with Gasteiger partial charge in [-0.3, -0.25) is 4.79 Å². The fourth-order valence-electron chi connectivity index (χ4n) is 1.50. The van der Waals surface area contributed by atoms with Gasteiger partial charge < -0.3 is 4.90 Å². The minimum absolute atomic E-state index is 0.140. The largest absolute Gasteiger partial charge is 0.316 e. The van der Waals surface area contributed by atoms with Crippen LogP contribution in [-0.2, 0) is 11.3 Å². The molecule has 0 aliphatic carbocycles. The van der Waals surface area contributed by atoms with E-state index in [0.717, 1.165) is 5.56 Å². The van der Waals surface area contributed by atoms with Gasteiger partial charge in [0, 0.05) is 6.54 Å². The van der Waals surface area contributed by atoms with Crippen molar-refractivity contribution in [2.24, 2.45) is 0 Å². The van der Waals surface area contributed by atoms with Gasteiger partial charge in [0.1, 0.15) is 8.07 Å². The van der Waals surface area contributed by atoms with E-state index < -0.39 is 8.07 Å². The molecule has 0 unspecified atom stereocenters. The van der Waals surface area contributed by atoms with E-state index >= 15 is 0 Å². The SMILES string of the molecule is CC#CCN(Cc1ccccc1)C(=O)C#C[Si](C)(C)C. The molecule has 104 valence electrons. The molecule has 1 aromatic carbocycles. The minimum atomic E-state index is -1.53. The highest BCUT2D eigenvalue weighted by Gasteiger charge is 2.13. The van der Waals surface area contributed by atoms with Gasteiger partial charge in [-0.1, -0.05) is 55.9 Å². The Morgan fingerprint density at radius 2 is 1.85 bits per heavy atom. The zero-order valence-corrected chi connectivity index (χ0v) is 13.7. The van der Waals surface area contributed by atoms with Crippen LogP contribution >= 0.6 is 0 Å². The highest BCUT2D eigenvalue weighted by Crippen LogP contribution is 2.04. The molecule has 1 rings (SSSR count). The Bertz CT molecular complexity index is 564. The molecule has 1 amide bonds. The molecule has 0 saturated heterocycles. The van der Waals surface area contributed by atoms with E-state index in [4.69, 9.17) is 0 Å². The number of amides is 1. The zero-order valence-electron chi connectivity index (χ0n) is 12.7. The fourth-order valence-corrected chi connectivity index (χ4v) is 1.98. The van der Waals surface area contributed by atoms with Crippen LogP contribution in [0.2, 0.25) is 19.6 Å². The summed E-state index contributed by atoms with van der Waals surface area (Å²) in [7, 11) is -1.53. The topological polar surface area (TPSA) is 20.3 Å². The number of nitrogens with zero attached hydrogens (tertiary/aromatic N) is 1. The first-order valence-corrected chi connectivity index (χ1v) is 10.2. The number of carbonyl (C=O) groups is 1. The lowest BCUT2D eigenvalue weighted by atomic mass is 10.2. The second-order valence-corrected chi connectivity index (χ2v) is 10.3. The lowest BCUT2D eigenvalue weighted by molar-refractivity contribution is -0.125. The second-order valence-electron chi connectivity index (χ2n) is 5.57. The van der Waals surface area contributed by atoms with Crippen LogP contribution in [0, 0.1) is 23.3 Å². The predicted molar refractivity (Wildman–Crippen MR) is 86.4 cm³/mol. The summed E-state index contributed by atoms with van der Waals surface area (Å²) in [5, 5.41) is 0. The van der Waals surface area contributed by atoms with Gasteiger partial charge in [-0.2, -0.15) is 0 Å². The van der Waals surface area contributed by atoms with E-state index in [2.05, 4.69) is 42.9 Å². The van der Waals surface area contributed by atoms with Crippen molar-refractivity contribution < 1.29 is 4.79 Å². The summed E-state index contributed by atoms with van der Waals surface area (Å²) in [6, 6.07) is 9.91. The molecule has 0 saturated carbocycles. The molecule has 1 aromatic rings. The van der Waals surface area contributed by atoms with Crippen LogP contribution in [0.15, 0.2) is 30.3 Å². The van der Waals surface area contributed by atoms with Crippen molar-refractivity contribution in [3.05, 3.63) is 35.9 Å². The molecule has 0 aliphatic heterocycles. The fraction of sp³-hybridized carbons (Fsp3) is 0.353. The summed E-state index contributed by atoms with van der Waals surface area (Å²) >= 11 is 0. The Labute approximate surface area is 123 Å². The summed E-state index contributed by atoms with van der Waals surface area (Å²) in [6.45, 7) is 9.13. The molecule has 0 bridgehead atoms. The highest BCUT2D eigenvalue weighted by molar-refractivity contribution is 6.84. The maximum Gasteiger partial charge on any atom is 0.298 e. The standard InChI is InChI=1S/C17H21NOSi/c1-5-6-13-18(15-16-10-8-7-9-11-16)17(19)12-14-20(2,3)4/h7-11H,13,15H2,1-4H3. The lowest BCUT2D eigenvalue weighted by Crippen LogP contribution is -2.30. The number of hydrogen-bond donors (Lipinski definition) is 0. The van der Waals surface area contributed by atoms with Crippen molar-refractivity contribution in [2.45, 2.75) is 33.1 Å².